The van der Waals surface area contributed by atoms with Gasteiger partial charge in [0.25, 0.3) is 0 Å². The zero-order chi connectivity index (χ0) is 10.8. The van der Waals surface area contributed by atoms with Crippen molar-refractivity contribution < 1.29 is 4.79 Å². The van der Waals surface area contributed by atoms with Crippen LogP contribution in [-0.4, -0.2) is 43.7 Å². The summed E-state index contributed by atoms with van der Waals surface area (Å²) in [4.78, 5) is 13.3. The number of amides is 1. The van der Waals surface area contributed by atoms with E-state index in [1.807, 2.05) is 14.1 Å². The van der Waals surface area contributed by atoms with Crippen molar-refractivity contribution >= 4 is 18.5 Å². The number of thiol groups is 1. The minimum absolute atomic E-state index is 0.172. The van der Waals surface area contributed by atoms with Crippen LogP contribution >= 0.6 is 12.6 Å². The van der Waals surface area contributed by atoms with Crippen molar-refractivity contribution in [1.82, 2.24) is 10.2 Å². The van der Waals surface area contributed by atoms with Crippen LogP contribution in [0.15, 0.2) is 0 Å². The Labute approximate surface area is 92.7 Å². The fourth-order valence-corrected chi connectivity index (χ4v) is 1.33. The largest absolute Gasteiger partial charge is 0.356 e. The maximum absolute atomic E-state index is 11.2. The van der Waals surface area contributed by atoms with Crippen molar-refractivity contribution in [1.29, 1.82) is 0 Å². The summed E-state index contributed by atoms with van der Waals surface area (Å²) in [6.45, 7) is 1.77. The van der Waals surface area contributed by atoms with E-state index in [1.165, 1.54) is 0 Å². The molecule has 0 spiro atoms. The van der Waals surface area contributed by atoms with Crippen molar-refractivity contribution in [2.24, 2.45) is 0 Å². The van der Waals surface area contributed by atoms with E-state index in [0.717, 1.165) is 38.1 Å². The first-order chi connectivity index (χ1) is 6.66. The predicted molar refractivity (Wildman–Crippen MR) is 63.9 cm³/mol. The number of hydrogen-bond donors (Lipinski definition) is 2. The highest BCUT2D eigenvalue weighted by atomic mass is 32.1. The Morgan fingerprint density at radius 1 is 1.29 bits per heavy atom. The van der Waals surface area contributed by atoms with Gasteiger partial charge in [0.2, 0.25) is 5.91 Å². The Kier molecular flexibility index (Phi) is 9.19. The molecule has 84 valence electrons. The summed E-state index contributed by atoms with van der Waals surface area (Å²) in [7, 11) is 4.04. The van der Waals surface area contributed by atoms with Gasteiger partial charge in [-0.15, -0.1) is 0 Å². The Bertz CT molecular complexity index is 151. The second-order valence-corrected chi connectivity index (χ2v) is 4.13. The Balaban J connectivity index is 3.20. The normalized spacial score (nSPS) is 10.6. The molecule has 0 rings (SSSR count). The molecule has 0 aromatic heterocycles. The molecule has 0 aliphatic rings. The zero-order valence-electron chi connectivity index (χ0n) is 9.25. The quantitative estimate of drug-likeness (QED) is 0.473. The maximum Gasteiger partial charge on any atom is 0.220 e. The Morgan fingerprint density at radius 3 is 2.57 bits per heavy atom. The fraction of sp³-hybridized carbons (Fsp3) is 0.900. The predicted octanol–water partition coefficient (Wildman–Crippen LogP) is 1.15. The number of unbranched alkanes of at least 4 members (excludes halogenated alkanes) is 1. The van der Waals surface area contributed by atoms with Gasteiger partial charge in [-0.05, 0) is 45.7 Å². The van der Waals surface area contributed by atoms with Crippen LogP contribution in [0.2, 0.25) is 0 Å². The highest BCUT2D eigenvalue weighted by Crippen LogP contribution is 1.92. The molecule has 0 heterocycles. The van der Waals surface area contributed by atoms with Crippen LogP contribution in [0.1, 0.15) is 25.7 Å². The van der Waals surface area contributed by atoms with Crippen molar-refractivity contribution in [3.05, 3.63) is 0 Å². The summed E-state index contributed by atoms with van der Waals surface area (Å²) in [5.74, 6) is 1.07. The Hall–Kier alpha value is -0.220. The van der Waals surface area contributed by atoms with Gasteiger partial charge in [-0.1, -0.05) is 0 Å². The lowest BCUT2D eigenvalue weighted by Gasteiger charge is -2.09. The summed E-state index contributed by atoms with van der Waals surface area (Å²) in [5.41, 5.74) is 0. The lowest BCUT2D eigenvalue weighted by Crippen LogP contribution is -2.25. The number of rotatable bonds is 8. The number of nitrogens with one attached hydrogen (secondary N) is 1. The van der Waals surface area contributed by atoms with E-state index in [2.05, 4.69) is 22.8 Å². The van der Waals surface area contributed by atoms with Crippen molar-refractivity contribution in [2.75, 3.05) is 32.9 Å². The second-order valence-electron chi connectivity index (χ2n) is 3.69. The third kappa shape index (κ3) is 9.86. The third-order valence-corrected chi connectivity index (χ3v) is 2.23. The molecule has 0 radical (unpaired) electrons. The molecule has 0 aromatic rings. The lowest BCUT2D eigenvalue weighted by atomic mass is 10.2. The van der Waals surface area contributed by atoms with Gasteiger partial charge in [-0.2, -0.15) is 12.6 Å². The first-order valence-electron chi connectivity index (χ1n) is 5.19. The SMILES string of the molecule is CN(C)CCCC(=O)NCCCCS. The minimum atomic E-state index is 0.172. The molecule has 14 heavy (non-hydrogen) atoms. The smallest absolute Gasteiger partial charge is 0.220 e. The highest BCUT2D eigenvalue weighted by molar-refractivity contribution is 7.80. The number of carbonyl (C=O) groups is 1. The molecule has 0 fully saturated rings. The van der Waals surface area contributed by atoms with Crippen LogP contribution in [-0.2, 0) is 4.79 Å². The molecule has 0 aromatic carbocycles. The second kappa shape index (κ2) is 9.34. The molecule has 0 bridgehead atoms. The van der Waals surface area contributed by atoms with Crippen LogP contribution in [0.3, 0.4) is 0 Å². The molecule has 1 amide bonds. The summed E-state index contributed by atoms with van der Waals surface area (Å²) >= 11 is 4.11. The van der Waals surface area contributed by atoms with Crippen molar-refractivity contribution in [3.8, 4) is 0 Å². The standard InChI is InChI=1S/C10H22N2OS/c1-12(2)8-5-6-10(13)11-7-3-4-9-14/h14H,3-9H2,1-2H3,(H,11,13). The van der Waals surface area contributed by atoms with E-state index in [0.29, 0.717) is 6.42 Å². The van der Waals surface area contributed by atoms with Gasteiger partial charge < -0.3 is 10.2 Å². The topological polar surface area (TPSA) is 32.3 Å². The first-order valence-corrected chi connectivity index (χ1v) is 5.82. The van der Waals surface area contributed by atoms with Crippen LogP contribution in [0.5, 0.6) is 0 Å². The van der Waals surface area contributed by atoms with Crippen LogP contribution in [0, 0.1) is 0 Å². The van der Waals surface area contributed by atoms with Gasteiger partial charge in [0.1, 0.15) is 0 Å². The molecule has 0 aliphatic carbocycles. The van der Waals surface area contributed by atoms with Gasteiger partial charge in [0, 0.05) is 13.0 Å². The van der Waals surface area contributed by atoms with E-state index in [4.69, 9.17) is 0 Å². The maximum atomic E-state index is 11.2. The van der Waals surface area contributed by atoms with Crippen LogP contribution in [0.25, 0.3) is 0 Å². The Morgan fingerprint density at radius 2 is 2.00 bits per heavy atom. The molecular weight excluding hydrogens is 196 g/mol. The van der Waals surface area contributed by atoms with E-state index >= 15 is 0 Å². The van der Waals surface area contributed by atoms with Gasteiger partial charge >= 0.3 is 0 Å². The van der Waals surface area contributed by atoms with E-state index in [-0.39, 0.29) is 5.91 Å². The van der Waals surface area contributed by atoms with Crippen molar-refractivity contribution in [2.45, 2.75) is 25.7 Å². The molecule has 0 saturated carbocycles. The monoisotopic (exact) mass is 218 g/mol. The molecule has 0 atom stereocenters. The van der Waals surface area contributed by atoms with E-state index < -0.39 is 0 Å². The van der Waals surface area contributed by atoms with Gasteiger partial charge in [0.05, 0.1) is 0 Å². The highest BCUT2D eigenvalue weighted by Gasteiger charge is 2.00. The fourth-order valence-electron chi connectivity index (χ4n) is 1.11. The molecule has 0 saturated heterocycles. The molecule has 4 heteroatoms. The number of hydrogen-bond acceptors (Lipinski definition) is 3. The zero-order valence-corrected chi connectivity index (χ0v) is 10.1. The lowest BCUT2D eigenvalue weighted by molar-refractivity contribution is -0.121. The van der Waals surface area contributed by atoms with Crippen LogP contribution in [0.4, 0.5) is 0 Å². The minimum Gasteiger partial charge on any atom is -0.356 e. The van der Waals surface area contributed by atoms with Crippen LogP contribution < -0.4 is 5.32 Å². The van der Waals surface area contributed by atoms with Gasteiger partial charge in [-0.25, -0.2) is 0 Å². The average Bonchev–Trinajstić information content (AvgIpc) is 2.12. The number of nitrogens with zero attached hydrogens (tertiary/aromatic N) is 1. The van der Waals surface area contributed by atoms with E-state index in [1.54, 1.807) is 0 Å². The average molecular weight is 218 g/mol. The third-order valence-electron chi connectivity index (χ3n) is 1.92. The van der Waals surface area contributed by atoms with Gasteiger partial charge in [-0.3, -0.25) is 4.79 Å². The summed E-state index contributed by atoms with van der Waals surface area (Å²) in [6.07, 6.45) is 3.68. The van der Waals surface area contributed by atoms with Crippen molar-refractivity contribution in [3.63, 3.8) is 0 Å². The molecule has 3 nitrogen and oxygen atoms in total. The summed E-state index contributed by atoms with van der Waals surface area (Å²) in [5, 5.41) is 2.90. The summed E-state index contributed by atoms with van der Waals surface area (Å²) in [6, 6.07) is 0. The van der Waals surface area contributed by atoms with E-state index in [9.17, 15) is 4.79 Å². The van der Waals surface area contributed by atoms with Gasteiger partial charge in [0.15, 0.2) is 0 Å². The molecule has 0 unspecified atom stereocenters. The molecular formula is C10H22N2OS. The molecule has 0 aliphatic heterocycles. The molecule has 1 N–H and O–H groups in total. The first kappa shape index (κ1) is 13.8. The number of carbonyl (C=O) groups excluding carboxylic acids is 1. The summed E-state index contributed by atoms with van der Waals surface area (Å²) < 4.78 is 0.